The van der Waals surface area contributed by atoms with Crippen LogP contribution in [-0.4, -0.2) is 9.61 Å². The van der Waals surface area contributed by atoms with Crippen molar-refractivity contribution in [3.05, 3.63) is 59.7 Å². The molecule has 19 heavy (non-hydrogen) atoms. The Kier molecular flexibility index (Phi) is 2.53. The Morgan fingerprint density at radius 1 is 1.21 bits per heavy atom. The normalized spacial score (nSPS) is 10.6. The number of hydrogen-bond acceptors (Lipinski definition) is 2. The molecule has 0 unspecified atom stereocenters. The largest absolute Gasteiger partial charge is 0.240 e. The maximum absolute atomic E-state index is 13.0. The van der Waals surface area contributed by atoms with E-state index in [4.69, 9.17) is 5.26 Å². The average Bonchev–Trinajstić information content (AvgIpc) is 2.75. The van der Waals surface area contributed by atoms with Crippen LogP contribution in [0.4, 0.5) is 4.39 Å². The Balaban J connectivity index is 2.30. The Hall–Kier alpha value is -2.67. The van der Waals surface area contributed by atoms with Gasteiger partial charge in [-0.25, -0.2) is 8.91 Å². The first kappa shape index (κ1) is 11.4. The standard InChI is InChI=1S/C15H10FN3/c1-10-15(12-2-4-13(16)5-3-12)14-8-11(9-17)6-7-19(14)18-10/h2-8H,1H3. The first-order valence-electron chi connectivity index (χ1n) is 5.84. The summed E-state index contributed by atoms with van der Waals surface area (Å²) < 4.78 is 14.7. The van der Waals surface area contributed by atoms with Crippen molar-refractivity contribution in [3.63, 3.8) is 0 Å². The van der Waals surface area contributed by atoms with E-state index in [2.05, 4.69) is 11.2 Å². The summed E-state index contributed by atoms with van der Waals surface area (Å²) in [4.78, 5) is 0. The smallest absolute Gasteiger partial charge is 0.123 e. The summed E-state index contributed by atoms with van der Waals surface area (Å²) in [7, 11) is 0. The lowest BCUT2D eigenvalue weighted by molar-refractivity contribution is 0.628. The summed E-state index contributed by atoms with van der Waals surface area (Å²) in [6, 6.07) is 11.9. The van der Waals surface area contributed by atoms with Gasteiger partial charge in [0.25, 0.3) is 0 Å². The zero-order valence-electron chi connectivity index (χ0n) is 10.3. The van der Waals surface area contributed by atoms with Crippen LogP contribution >= 0.6 is 0 Å². The molecule has 0 bridgehead atoms. The average molecular weight is 251 g/mol. The molecule has 1 aromatic carbocycles. The Morgan fingerprint density at radius 2 is 1.95 bits per heavy atom. The molecule has 0 atom stereocenters. The minimum atomic E-state index is -0.268. The number of nitriles is 1. The minimum Gasteiger partial charge on any atom is -0.240 e. The SMILES string of the molecule is Cc1nn2ccc(C#N)cc2c1-c1ccc(F)cc1. The number of halogens is 1. The summed E-state index contributed by atoms with van der Waals surface area (Å²) in [5, 5.41) is 13.4. The van der Waals surface area contributed by atoms with E-state index in [9.17, 15) is 4.39 Å². The molecule has 0 amide bonds. The third kappa shape index (κ3) is 1.85. The fourth-order valence-corrected chi connectivity index (χ4v) is 2.21. The lowest BCUT2D eigenvalue weighted by Gasteiger charge is -2.01. The predicted octanol–water partition coefficient (Wildman–Crippen LogP) is 3.32. The lowest BCUT2D eigenvalue weighted by atomic mass is 10.0. The first-order valence-corrected chi connectivity index (χ1v) is 5.84. The number of aromatic nitrogens is 2. The van der Waals surface area contributed by atoms with Gasteiger partial charge in [0, 0.05) is 11.8 Å². The lowest BCUT2D eigenvalue weighted by Crippen LogP contribution is -1.87. The van der Waals surface area contributed by atoms with E-state index in [-0.39, 0.29) is 5.82 Å². The van der Waals surface area contributed by atoms with E-state index in [0.29, 0.717) is 5.56 Å². The minimum absolute atomic E-state index is 0.268. The number of nitrogens with zero attached hydrogens (tertiary/aromatic N) is 3. The van der Waals surface area contributed by atoms with Gasteiger partial charge in [0.15, 0.2) is 0 Å². The summed E-state index contributed by atoms with van der Waals surface area (Å²) in [6.45, 7) is 1.90. The third-order valence-corrected chi connectivity index (χ3v) is 3.07. The highest BCUT2D eigenvalue weighted by Gasteiger charge is 2.12. The number of hydrogen-bond donors (Lipinski definition) is 0. The molecule has 0 saturated carbocycles. The molecular formula is C15H10FN3. The zero-order valence-corrected chi connectivity index (χ0v) is 10.3. The molecule has 0 N–H and O–H groups in total. The molecule has 2 heterocycles. The van der Waals surface area contributed by atoms with E-state index >= 15 is 0 Å². The summed E-state index contributed by atoms with van der Waals surface area (Å²) in [5.74, 6) is -0.268. The van der Waals surface area contributed by atoms with Crippen LogP contribution in [0.15, 0.2) is 42.6 Å². The molecule has 3 nitrogen and oxygen atoms in total. The molecule has 0 aliphatic carbocycles. The van der Waals surface area contributed by atoms with Crippen molar-refractivity contribution in [1.82, 2.24) is 9.61 Å². The van der Waals surface area contributed by atoms with E-state index < -0.39 is 0 Å². The Labute approximate surface area is 109 Å². The predicted molar refractivity (Wildman–Crippen MR) is 70.0 cm³/mol. The van der Waals surface area contributed by atoms with Crippen LogP contribution in [0.3, 0.4) is 0 Å². The van der Waals surface area contributed by atoms with Gasteiger partial charge < -0.3 is 0 Å². The number of pyridine rings is 1. The van der Waals surface area contributed by atoms with Gasteiger partial charge in [0.1, 0.15) is 5.82 Å². The second kappa shape index (κ2) is 4.21. The van der Waals surface area contributed by atoms with Gasteiger partial charge in [-0.1, -0.05) is 12.1 Å². The molecule has 4 heteroatoms. The quantitative estimate of drug-likeness (QED) is 0.665. The van der Waals surface area contributed by atoms with E-state index in [1.807, 2.05) is 6.92 Å². The Morgan fingerprint density at radius 3 is 2.63 bits per heavy atom. The molecule has 2 aromatic heterocycles. The molecule has 0 fully saturated rings. The summed E-state index contributed by atoms with van der Waals surface area (Å²) in [5.41, 5.74) is 4.10. The van der Waals surface area contributed by atoms with E-state index in [1.165, 1.54) is 12.1 Å². The number of aryl methyl sites for hydroxylation is 1. The van der Waals surface area contributed by atoms with Crippen LogP contribution in [0.25, 0.3) is 16.6 Å². The third-order valence-electron chi connectivity index (χ3n) is 3.07. The molecule has 3 rings (SSSR count). The van der Waals surface area contributed by atoms with Crippen molar-refractivity contribution in [2.24, 2.45) is 0 Å². The van der Waals surface area contributed by atoms with Crippen molar-refractivity contribution in [2.45, 2.75) is 6.92 Å². The second-order valence-corrected chi connectivity index (χ2v) is 4.32. The van der Waals surface area contributed by atoms with Crippen molar-refractivity contribution in [2.75, 3.05) is 0 Å². The number of fused-ring (bicyclic) bond motifs is 1. The van der Waals surface area contributed by atoms with Crippen LogP contribution in [0.2, 0.25) is 0 Å². The molecular weight excluding hydrogens is 241 g/mol. The maximum atomic E-state index is 13.0. The molecule has 3 aromatic rings. The molecule has 0 saturated heterocycles. The highest BCUT2D eigenvalue weighted by molar-refractivity contribution is 5.83. The number of benzene rings is 1. The van der Waals surface area contributed by atoms with Crippen LogP contribution < -0.4 is 0 Å². The van der Waals surface area contributed by atoms with Crippen LogP contribution in [0.1, 0.15) is 11.3 Å². The van der Waals surface area contributed by atoms with Crippen molar-refractivity contribution in [1.29, 1.82) is 5.26 Å². The molecule has 0 aliphatic rings. The van der Waals surface area contributed by atoms with Gasteiger partial charge in [-0.15, -0.1) is 0 Å². The van der Waals surface area contributed by atoms with Gasteiger partial charge in [-0.05, 0) is 36.8 Å². The maximum Gasteiger partial charge on any atom is 0.123 e. The Bertz CT molecular complexity index is 795. The van der Waals surface area contributed by atoms with Gasteiger partial charge in [-0.2, -0.15) is 10.4 Å². The van der Waals surface area contributed by atoms with Crippen molar-refractivity contribution < 1.29 is 4.39 Å². The molecule has 0 radical (unpaired) electrons. The summed E-state index contributed by atoms with van der Waals surface area (Å²) in [6.07, 6.45) is 1.76. The van der Waals surface area contributed by atoms with Crippen LogP contribution in [0, 0.1) is 24.1 Å². The molecule has 92 valence electrons. The molecule has 0 spiro atoms. The van der Waals surface area contributed by atoms with Gasteiger partial charge >= 0.3 is 0 Å². The monoisotopic (exact) mass is 251 g/mol. The van der Waals surface area contributed by atoms with Gasteiger partial charge in [-0.3, -0.25) is 0 Å². The second-order valence-electron chi connectivity index (χ2n) is 4.32. The zero-order chi connectivity index (χ0) is 13.4. The van der Waals surface area contributed by atoms with Crippen molar-refractivity contribution in [3.8, 4) is 17.2 Å². The highest BCUT2D eigenvalue weighted by atomic mass is 19.1. The van der Waals surface area contributed by atoms with E-state index in [1.54, 1.807) is 35.0 Å². The first-order chi connectivity index (χ1) is 9.19. The van der Waals surface area contributed by atoms with Crippen LogP contribution in [0.5, 0.6) is 0 Å². The van der Waals surface area contributed by atoms with Gasteiger partial charge in [0.05, 0.1) is 22.8 Å². The van der Waals surface area contributed by atoms with Gasteiger partial charge in [0.2, 0.25) is 0 Å². The van der Waals surface area contributed by atoms with Crippen LogP contribution in [-0.2, 0) is 0 Å². The molecule has 0 aliphatic heterocycles. The van der Waals surface area contributed by atoms with Crippen molar-refractivity contribution >= 4 is 5.52 Å². The summed E-state index contributed by atoms with van der Waals surface area (Å²) >= 11 is 0. The van der Waals surface area contributed by atoms with E-state index in [0.717, 1.165) is 22.3 Å². The number of rotatable bonds is 1. The topological polar surface area (TPSA) is 41.1 Å². The highest BCUT2D eigenvalue weighted by Crippen LogP contribution is 2.28. The fourth-order valence-electron chi connectivity index (χ4n) is 2.21. The fraction of sp³-hybridized carbons (Fsp3) is 0.0667.